The van der Waals surface area contributed by atoms with Crippen molar-refractivity contribution in [3.05, 3.63) is 0 Å². The summed E-state index contributed by atoms with van der Waals surface area (Å²) in [6, 6.07) is -1.85. The molecule has 7 heteroatoms. The van der Waals surface area contributed by atoms with Crippen molar-refractivity contribution in [2.24, 2.45) is 5.92 Å². The summed E-state index contributed by atoms with van der Waals surface area (Å²) in [5.74, 6) is 0.369. The van der Waals surface area contributed by atoms with E-state index in [9.17, 15) is 18.0 Å². The lowest BCUT2D eigenvalue weighted by atomic mass is 9.96. The maximum atomic E-state index is 12.6. The summed E-state index contributed by atoms with van der Waals surface area (Å²) < 4.78 is 37.8. The summed E-state index contributed by atoms with van der Waals surface area (Å²) in [6.07, 6.45) is -2.23. The molecule has 1 aliphatic rings. The quantitative estimate of drug-likeness (QED) is 0.729. The Morgan fingerprint density at radius 2 is 2.00 bits per heavy atom. The van der Waals surface area contributed by atoms with Gasteiger partial charge in [0.1, 0.15) is 6.04 Å². The third kappa shape index (κ3) is 6.45. The summed E-state index contributed by atoms with van der Waals surface area (Å²) in [4.78, 5) is 11.4. The third-order valence-corrected chi connectivity index (χ3v) is 3.33. The fourth-order valence-corrected chi connectivity index (χ4v) is 2.22. The molecular formula is C13H24F3N3O. The van der Waals surface area contributed by atoms with Gasteiger partial charge < -0.3 is 16.0 Å². The van der Waals surface area contributed by atoms with Gasteiger partial charge in [-0.15, -0.1) is 0 Å². The SMILES string of the molecule is CC(C)CNC(=O)NCCC1CCCC(C(F)(F)F)N1. The molecule has 1 aliphatic heterocycles. The van der Waals surface area contributed by atoms with Crippen LogP contribution in [0.2, 0.25) is 0 Å². The second kappa shape index (κ2) is 7.71. The standard InChI is InChI=1S/C13H24F3N3O/c1-9(2)8-18-12(20)17-7-6-10-4-3-5-11(19-10)13(14,15)16/h9-11,19H,3-8H2,1-2H3,(H2,17,18,20). The van der Waals surface area contributed by atoms with Gasteiger partial charge in [0.15, 0.2) is 0 Å². The molecule has 0 aromatic carbocycles. The number of hydrogen-bond donors (Lipinski definition) is 3. The molecule has 1 saturated heterocycles. The number of carbonyl (C=O) groups excluding carboxylic acids is 1. The smallest absolute Gasteiger partial charge is 0.338 e. The van der Waals surface area contributed by atoms with Gasteiger partial charge in [-0.05, 0) is 25.2 Å². The van der Waals surface area contributed by atoms with E-state index in [1.165, 1.54) is 0 Å². The Bertz CT molecular complexity index is 308. The van der Waals surface area contributed by atoms with Crippen LogP contribution in [0.25, 0.3) is 0 Å². The first-order valence-electron chi connectivity index (χ1n) is 7.13. The molecule has 1 fully saturated rings. The van der Waals surface area contributed by atoms with Crippen molar-refractivity contribution in [1.29, 1.82) is 0 Å². The molecule has 118 valence electrons. The first kappa shape index (κ1) is 17.1. The van der Waals surface area contributed by atoms with Gasteiger partial charge in [-0.25, -0.2) is 4.79 Å². The van der Waals surface area contributed by atoms with Crippen LogP contribution in [0.15, 0.2) is 0 Å². The molecule has 1 rings (SSSR count). The van der Waals surface area contributed by atoms with Crippen LogP contribution in [-0.4, -0.2) is 37.4 Å². The van der Waals surface area contributed by atoms with Crippen LogP contribution in [-0.2, 0) is 0 Å². The highest BCUT2D eigenvalue weighted by atomic mass is 19.4. The molecular weight excluding hydrogens is 271 g/mol. The first-order valence-corrected chi connectivity index (χ1v) is 7.13. The highest BCUT2D eigenvalue weighted by molar-refractivity contribution is 5.73. The molecule has 2 amide bonds. The van der Waals surface area contributed by atoms with E-state index in [1.807, 2.05) is 13.8 Å². The molecule has 4 nitrogen and oxygen atoms in total. The van der Waals surface area contributed by atoms with Crippen LogP contribution in [0.3, 0.4) is 0 Å². The number of urea groups is 1. The van der Waals surface area contributed by atoms with Crippen molar-refractivity contribution in [1.82, 2.24) is 16.0 Å². The lowest BCUT2D eigenvalue weighted by Crippen LogP contribution is -2.51. The monoisotopic (exact) mass is 295 g/mol. The summed E-state index contributed by atoms with van der Waals surface area (Å²) in [6.45, 7) is 4.95. The minimum absolute atomic E-state index is 0.141. The molecule has 2 atom stereocenters. The van der Waals surface area contributed by atoms with Gasteiger partial charge in [-0.1, -0.05) is 20.3 Å². The normalized spacial score (nSPS) is 23.7. The Morgan fingerprint density at radius 3 is 2.60 bits per heavy atom. The first-order chi connectivity index (χ1) is 9.29. The van der Waals surface area contributed by atoms with Gasteiger partial charge in [0.05, 0.1) is 0 Å². The minimum Gasteiger partial charge on any atom is -0.338 e. The zero-order chi connectivity index (χ0) is 15.2. The van der Waals surface area contributed by atoms with Gasteiger partial charge in [-0.2, -0.15) is 13.2 Å². The predicted molar refractivity (Wildman–Crippen MR) is 71.5 cm³/mol. The molecule has 2 unspecified atom stereocenters. The van der Waals surface area contributed by atoms with Crippen molar-refractivity contribution in [2.45, 2.75) is 57.8 Å². The second-order valence-electron chi connectivity index (χ2n) is 5.71. The van der Waals surface area contributed by atoms with Crippen LogP contribution in [0.1, 0.15) is 39.5 Å². The largest absolute Gasteiger partial charge is 0.403 e. The number of carbonyl (C=O) groups is 1. The number of piperidine rings is 1. The average molecular weight is 295 g/mol. The van der Waals surface area contributed by atoms with E-state index in [1.54, 1.807) is 0 Å². The summed E-state index contributed by atoms with van der Waals surface area (Å²) in [5.41, 5.74) is 0. The van der Waals surface area contributed by atoms with E-state index in [0.29, 0.717) is 31.8 Å². The Hall–Kier alpha value is -0.980. The Morgan fingerprint density at radius 1 is 1.30 bits per heavy atom. The van der Waals surface area contributed by atoms with Gasteiger partial charge >= 0.3 is 12.2 Å². The molecule has 3 N–H and O–H groups in total. The number of rotatable bonds is 5. The molecule has 0 aromatic rings. The fourth-order valence-electron chi connectivity index (χ4n) is 2.22. The molecule has 0 aliphatic carbocycles. The zero-order valence-electron chi connectivity index (χ0n) is 12.0. The fraction of sp³-hybridized carbons (Fsp3) is 0.923. The van der Waals surface area contributed by atoms with E-state index in [-0.39, 0.29) is 18.5 Å². The van der Waals surface area contributed by atoms with Gasteiger partial charge in [-0.3, -0.25) is 0 Å². The van der Waals surface area contributed by atoms with E-state index in [2.05, 4.69) is 16.0 Å². The van der Waals surface area contributed by atoms with Crippen molar-refractivity contribution < 1.29 is 18.0 Å². The second-order valence-corrected chi connectivity index (χ2v) is 5.71. The summed E-state index contributed by atoms with van der Waals surface area (Å²) >= 11 is 0. The lowest BCUT2D eigenvalue weighted by Gasteiger charge is -2.32. The van der Waals surface area contributed by atoms with Gasteiger partial charge in [0, 0.05) is 19.1 Å². The predicted octanol–water partition coefficient (Wildman–Crippen LogP) is 2.40. The lowest BCUT2D eigenvalue weighted by molar-refractivity contribution is -0.163. The molecule has 0 bridgehead atoms. The molecule has 0 radical (unpaired) electrons. The van der Waals surface area contributed by atoms with Crippen LogP contribution < -0.4 is 16.0 Å². The summed E-state index contributed by atoms with van der Waals surface area (Å²) in [5, 5.41) is 7.99. The molecule has 0 spiro atoms. The van der Waals surface area contributed by atoms with Crippen LogP contribution in [0.5, 0.6) is 0 Å². The maximum Gasteiger partial charge on any atom is 0.403 e. The Kier molecular flexibility index (Phi) is 6.58. The third-order valence-electron chi connectivity index (χ3n) is 3.33. The number of hydrogen-bond acceptors (Lipinski definition) is 2. The van der Waals surface area contributed by atoms with Crippen LogP contribution in [0, 0.1) is 5.92 Å². The van der Waals surface area contributed by atoms with E-state index in [4.69, 9.17) is 0 Å². The van der Waals surface area contributed by atoms with Crippen LogP contribution in [0.4, 0.5) is 18.0 Å². The number of halogens is 3. The van der Waals surface area contributed by atoms with E-state index >= 15 is 0 Å². The molecule has 0 saturated carbocycles. The number of alkyl halides is 3. The number of nitrogens with one attached hydrogen (secondary N) is 3. The van der Waals surface area contributed by atoms with E-state index < -0.39 is 12.2 Å². The van der Waals surface area contributed by atoms with Crippen LogP contribution >= 0.6 is 0 Å². The van der Waals surface area contributed by atoms with Gasteiger partial charge in [0.2, 0.25) is 0 Å². The van der Waals surface area contributed by atoms with E-state index in [0.717, 1.165) is 6.42 Å². The zero-order valence-corrected chi connectivity index (χ0v) is 12.0. The maximum absolute atomic E-state index is 12.6. The highest BCUT2D eigenvalue weighted by Gasteiger charge is 2.41. The van der Waals surface area contributed by atoms with Crippen molar-refractivity contribution >= 4 is 6.03 Å². The van der Waals surface area contributed by atoms with Crippen molar-refractivity contribution in [2.75, 3.05) is 13.1 Å². The minimum atomic E-state index is -4.18. The molecule has 20 heavy (non-hydrogen) atoms. The average Bonchev–Trinajstić information content (AvgIpc) is 2.36. The van der Waals surface area contributed by atoms with Crippen molar-refractivity contribution in [3.63, 3.8) is 0 Å². The molecule has 0 aromatic heterocycles. The topological polar surface area (TPSA) is 53.2 Å². The highest BCUT2D eigenvalue weighted by Crippen LogP contribution is 2.28. The summed E-state index contributed by atoms with van der Waals surface area (Å²) in [7, 11) is 0. The molecule has 1 heterocycles. The van der Waals surface area contributed by atoms with Gasteiger partial charge in [0.25, 0.3) is 0 Å². The Labute approximate surface area is 117 Å². The number of amides is 2. The van der Waals surface area contributed by atoms with Crippen molar-refractivity contribution in [3.8, 4) is 0 Å². The Balaban J connectivity index is 2.20.